The van der Waals surface area contributed by atoms with E-state index in [4.69, 9.17) is 35.3 Å². The van der Waals surface area contributed by atoms with Crippen molar-refractivity contribution in [1.82, 2.24) is 0 Å². The lowest BCUT2D eigenvalue weighted by molar-refractivity contribution is -0.203. The zero-order chi connectivity index (χ0) is 38.8. The van der Waals surface area contributed by atoms with Gasteiger partial charge in [0.15, 0.2) is 29.5 Å². The molecule has 3 fully saturated rings. The second-order valence-electron chi connectivity index (χ2n) is 15.5. The smallest absolute Gasteiger partial charge is 0.493 e. The minimum Gasteiger partial charge on any atom is -0.493 e. The van der Waals surface area contributed by atoms with Crippen LogP contribution in [-0.2, 0) is 28.6 Å². The minimum absolute atomic E-state index is 0.0362. The molecule has 11 nitrogen and oxygen atoms in total. The van der Waals surface area contributed by atoms with Gasteiger partial charge in [-0.1, -0.05) is 65.5 Å². The number of ketones is 2. The number of aliphatic hydroxyl groups is 1. The molecule has 1 N–H and O–H groups in total. The number of Topliss-reactive ketones (excluding diaryl/α,β-unsaturated/α-hetero) is 1. The number of hydrogen-bond acceptors (Lipinski definition) is 11. The molecular formula is C41H53ClO11. The molecular weight excluding hydrogens is 704 g/mol. The van der Waals surface area contributed by atoms with Gasteiger partial charge in [-0.15, -0.1) is 11.6 Å². The largest absolute Gasteiger partial charge is 0.514 e. The topological polar surface area (TPSA) is 152 Å². The number of allylic oxidation sites excluding steroid dienone is 4. The Morgan fingerprint density at radius 1 is 1.00 bits per heavy atom. The lowest BCUT2D eigenvalue weighted by Crippen LogP contribution is -2.69. The SMILES string of the molecule is CCCCCOC(=O)c1ccc(OC(=O)OCC(=O)C2(OC(=O)CCCC)C(C)CC3C4CCC5=CC(=O)C=CC5(C)C4(Cl)C(O)CC32C)c(OC)c1. The Hall–Kier alpha value is -3.70. The maximum atomic E-state index is 14.6. The second kappa shape index (κ2) is 16.0. The fourth-order valence-corrected chi connectivity index (χ4v) is 10.3. The van der Waals surface area contributed by atoms with Gasteiger partial charge in [0.1, 0.15) is 0 Å². The molecule has 4 aliphatic carbocycles. The van der Waals surface area contributed by atoms with Crippen LogP contribution in [0, 0.1) is 28.6 Å². The summed E-state index contributed by atoms with van der Waals surface area (Å²) in [6.07, 6.45) is 8.33. The Morgan fingerprint density at radius 3 is 2.43 bits per heavy atom. The standard InChI is InChI=1S/C41H53ClO11/c1-7-9-11-19-50-36(47)26-13-16-31(32(21-26)49-6)52-37(48)51-24-34(45)41(53-35(46)12-10-8-2)25(3)20-30-29-15-14-27-22-28(43)17-18-38(27,4)40(29,42)33(44)23-39(30,41)5/h13,16-18,21-22,25,29-30,33,44H,7-12,14-15,19-20,23-24H2,1-6H3. The summed E-state index contributed by atoms with van der Waals surface area (Å²) in [5.74, 6) is -2.84. The van der Waals surface area contributed by atoms with Crippen LogP contribution in [0.15, 0.2) is 42.0 Å². The molecule has 0 amide bonds. The first-order chi connectivity index (χ1) is 25.1. The molecule has 1 aromatic rings. The molecule has 0 aromatic heterocycles. The molecule has 1 aromatic carbocycles. The van der Waals surface area contributed by atoms with Gasteiger partial charge in [-0.3, -0.25) is 14.4 Å². The molecule has 0 spiro atoms. The van der Waals surface area contributed by atoms with Crippen molar-refractivity contribution >= 4 is 41.3 Å². The number of ether oxygens (including phenoxy) is 5. The number of alkyl halides is 1. The number of methoxy groups -OCH3 is 1. The Morgan fingerprint density at radius 2 is 1.74 bits per heavy atom. The van der Waals surface area contributed by atoms with E-state index in [2.05, 4.69) is 6.92 Å². The Balaban J connectivity index is 1.38. The van der Waals surface area contributed by atoms with E-state index in [1.807, 2.05) is 27.7 Å². The molecule has 0 aliphatic heterocycles. The summed E-state index contributed by atoms with van der Waals surface area (Å²) >= 11 is 7.61. The van der Waals surface area contributed by atoms with Crippen LogP contribution in [0.4, 0.5) is 4.79 Å². The van der Waals surface area contributed by atoms with Crippen molar-refractivity contribution in [3.8, 4) is 11.5 Å². The van der Waals surface area contributed by atoms with Gasteiger partial charge in [-0.25, -0.2) is 9.59 Å². The molecule has 0 radical (unpaired) electrons. The number of carbonyl (C=O) groups is 5. The summed E-state index contributed by atoms with van der Waals surface area (Å²) in [6, 6.07) is 4.19. The van der Waals surface area contributed by atoms with E-state index >= 15 is 0 Å². The van der Waals surface area contributed by atoms with Gasteiger partial charge in [0.25, 0.3) is 0 Å². The normalized spacial score (nSPS) is 32.8. The van der Waals surface area contributed by atoms with Gasteiger partial charge >= 0.3 is 18.1 Å². The second-order valence-corrected chi connectivity index (χ2v) is 16.1. The van der Waals surface area contributed by atoms with E-state index in [0.29, 0.717) is 25.7 Å². The first-order valence-electron chi connectivity index (χ1n) is 18.9. The van der Waals surface area contributed by atoms with Crippen molar-refractivity contribution < 1.29 is 52.8 Å². The third-order valence-corrected chi connectivity index (χ3v) is 13.4. The van der Waals surface area contributed by atoms with Gasteiger partial charge in [0.2, 0.25) is 5.78 Å². The molecule has 8 atom stereocenters. The predicted octanol–water partition coefficient (Wildman–Crippen LogP) is 7.49. The highest BCUT2D eigenvalue weighted by atomic mass is 35.5. The lowest BCUT2D eigenvalue weighted by Gasteiger charge is -2.64. The van der Waals surface area contributed by atoms with Crippen LogP contribution >= 0.6 is 11.6 Å². The predicted molar refractivity (Wildman–Crippen MR) is 196 cm³/mol. The zero-order valence-electron chi connectivity index (χ0n) is 31.7. The van der Waals surface area contributed by atoms with Crippen molar-refractivity contribution in [1.29, 1.82) is 0 Å². The monoisotopic (exact) mass is 756 g/mol. The van der Waals surface area contributed by atoms with Crippen LogP contribution in [0.1, 0.15) is 109 Å². The molecule has 53 heavy (non-hydrogen) atoms. The van der Waals surface area contributed by atoms with Crippen LogP contribution in [0.2, 0.25) is 0 Å². The Bertz CT molecular complexity index is 1670. The number of hydrogen-bond donors (Lipinski definition) is 1. The van der Waals surface area contributed by atoms with E-state index in [1.165, 1.54) is 31.4 Å². The van der Waals surface area contributed by atoms with Gasteiger partial charge in [-0.05, 0) is 80.7 Å². The first kappa shape index (κ1) is 40.5. The number of unbranched alkanes of at least 4 members (excludes halogenated alkanes) is 3. The number of halogens is 1. The van der Waals surface area contributed by atoms with E-state index < -0.39 is 63.8 Å². The van der Waals surface area contributed by atoms with Crippen LogP contribution in [0.3, 0.4) is 0 Å². The van der Waals surface area contributed by atoms with E-state index in [0.717, 1.165) is 31.3 Å². The average molecular weight is 757 g/mol. The highest BCUT2D eigenvalue weighted by Crippen LogP contribution is 2.72. The minimum atomic E-state index is -1.74. The van der Waals surface area contributed by atoms with E-state index in [1.54, 1.807) is 12.2 Å². The average Bonchev–Trinajstić information content (AvgIpc) is 3.34. The maximum Gasteiger partial charge on any atom is 0.514 e. The van der Waals surface area contributed by atoms with Crippen molar-refractivity contribution in [2.45, 2.75) is 115 Å². The summed E-state index contributed by atoms with van der Waals surface area (Å²) in [5, 5.41) is 12.1. The summed E-state index contributed by atoms with van der Waals surface area (Å²) < 4.78 is 27.8. The van der Waals surface area contributed by atoms with Crippen LogP contribution in [-0.4, -0.2) is 71.7 Å². The molecule has 12 heteroatoms. The molecule has 290 valence electrons. The maximum absolute atomic E-state index is 14.6. The van der Waals surface area contributed by atoms with E-state index in [-0.39, 0.29) is 54.1 Å². The lowest BCUT2D eigenvalue weighted by atomic mass is 9.45. The number of esters is 2. The Labute approximate surface area is 316 Å². The van der Waals surface area contributed by atoms with Crippen molar-refractivity contribution in [3.05, 3.63) is 47.6 Å². The highest BCUT2D eigenvalue weighted by Gasteiger charge is 2.76. The summed E-state index contributed by atoms with van der Waals surface area (Å²) in [5.41, 5.74) is -2.53. The fraction of sp³-hybridized carbons (Fsp3) is 0.634. The number of aliphatic hydroxyl groups excluding tert-OH is 1. The number of rotatable bonds is 14. The van der Waals surface area contributed by atoms with Gasteiger partial charge in [-0.2, -0.15) is 0 Å². The van der Waals surface area contributed by atoms with Gasteiger partial charge < -0.3 is 28.8 Å². The molecule has 8 unspecified atom stereocenters. The molecule has 3 saturated carbocycles. The first-order valence-corrected chi connectivity index (χ1v) is 19.3. The summed E-state index contributed by atoms with van der Waals surface area (Å²) in [6.45, 7) is 9.20. The van der Waals surface area contributed by atoms with Crippen molar-refractivity contribution in [2.75, 3.05) is 20.3 Å². The highest BCUT2D eigenvalue weighted by molar-refractivity contribution is 6.26. The van der Waals surface area contributed by atoms with Crippen molar-refractivity contribution in [2.24, 2.45) is 28.6 Å². The summed E-state index contributed by atoms with van der Waals surface area (Å²) in [7, 11) is 1.35. The van der Waals surface area contributed by atoms with Crippen LogP contribution < -0.4 is 9.47 Å². The third kappa shape index (κ3) is 7.04. The number of benzene rings is 1. The molecule has 0 heterocycles. The van der Waals surface area contributed by atoms with Gasteiger partial charge in [0, 0.05) is 23.2 Å². The molecule has 4 aliphatic rings. The number of carbonyl (C=O) groups excluding carboxylic acids is 5. The molecule has 5 rings (SSSR count). The Kier molecular flexibility index (Phi) is 12.2. The van der Waals surface area contributed by atoms with Crippen LogP contribution in [0.25, 0.3) is 0 Å². The summed E-state index contributed by atoms with van der Waals surface area (Å²) in [4.78, 5) is 64.8. The fourth-order valence-electron chi connectivity index (χ4n) is 9.78. The quantitative estimate of drug-likeness (QED) is 0.0661. The molecule has 0 saturated heterocycles. The van der Waals surface area contributed by atoms with Crippen molar-refractivity contribution in [3.63, 3.8) is 0 Å². The van der Waals surface area contributed by atoms with E-state index in [9.17, 15) is 29.1 Å². The zero-order valence-corrected chi connectivity index (χ0v) is 32.4. The van der Waals surface area contributed by atoms with Crippen LogP contribution in [0.5, 0.6) is 11.5 Å². The molecule has 0 bridgehead atoms. The van der Waals surface area contributed by atoms with Gasteiger partial charge in [0.05, 0.1) is 30.3 Å². The third-order valence-electron chi connectivity index (χ3n) is 12.5. The number of fused-ring (bicyclic) bond motifs is 5.